The van der Waals surface area contributed by atoms with Crippen molar-refractivity contribution in [1.29, 1.82) is 0 Å². The van der Waals surface area contributed by atoms with E-state index in [4.69, 9.17) is 11.6 Å². The van der Waals surface area contributed by atoms with Crippen molar-refractivity contribution in [2.45, 2.75) is 13.3 Å². The van der Waals surface area contributed by atoms with Crippen molar-refractivity contribution in [3.8, 4) is 0 Å². The molecule has 1 heterocycles. The van der Waals surface area contributed by atoms with Crippen molar-refractivity contribution in [3.05, 3.63) is 64.9 Å². The zero-order valence-electron chi connectivity index (χ0n) is 10.3. The van der Waals surface area contributed by atoms with Crippen LogP contribution in [0.15, 0.2) is 53.7 Å². The molecule has 0 radical (unpaired) electrons. The molecule has 2 rings (SSSR count). The van der Waals surface area contributed by atoms with Gasteiger partial charge in [0.15, 0.2) is 0 Å². The van der Waals surface area contributed by atoms with Crippen LogP contribution in [0.5, 0.6) is 0 Å². The van der Waals surface area contributed by atoms with Crippen molar-refractivity contribution < 1.29 is 0 Å². The van der Waals surface area contributed by atoms with E-state index in [1.165, 1.54) is 0 Å². The molecule has 0 unspecified atom stereocenters. The van der Waals surface area contributed by atoms with Crippen LogP contribution >= 0.6 is 11.6 Å². The average Bonchev–Trinajstić information content (AvgIpc) is 2.42. The molecule has 0 bridgehead atoms. The first kappa shape index (κ1) is 12.8. The summed E-state index contributed by atoms with van der Waals surface area (Å²) in [6.45, 7) is 2.71. The lowest BCUT2D eigenvalue weighted by molar-refractivity contribution is 0.965. The van der Waals surface area contributed by atoms with Gasteiger partial charge < -0.3 is 0 Å². The molecular formula is C15H15ClN2. The summed E-state index contributed by atoms with van der Waals surface area (Å²) in [5.74, 6) is 0. The standard InChI is InChI=1S/C15H15ClN2/c1-12(15-8-4-5-10-18-15)17-11-9-13-6-2-3-7-14(13)16/h2-8,10H,9,11H2,1H3. The number of pyridine rings is 1. The van der Waals surface area contributed by atoms with Crippen LogP contribution in [-0.4, -0.2) is 17.2 Å². The molecular weight excluding hydrogens is 244 g/mol. The number of halogens is 1. The first-order valence-electron chi connectivity index (χ1n) is 5.93. The monoisotopic (exact) mass is 258 g/mol. The fraction of sp³-hybridized carbons (Fsp3) is 0.200. The van der Waals surface area contributed by atoms with Crippen LogP contribution in [0.4, 0.5) is 0 Å². The fourth-order valence-electron chi connectivity index (χ4n) is 1.70. The molecule has 0 aliphatic heterocycles. The van der Waals surface area contributed by atoms with E-state index in [-0.39, 0.29) is 0 Å². The Hall–Kier alpha value is -1.67. The predicted octanol–water partition coefficient (Wildman–Crippen LogP) is 3.79. The Kier molecular flexibility index (Phi) is 4.48. The first-order valence-corrected chi connectivity index (χ1v) is 6.31. The minimum atomic E-state index is 0.728. The van der Waals surface area contributed by atoms with E-state index in [1.807, 2.05) is 49.4 Å². The topological polar surface area (TPSA) is 25.2 Å². The summed E-state index contributed by atoms with van der Waals surface area (Å²) in [6, 6.07) is 13.7. The molecule has 2 aromatic rings. The molecule has 0 amide bonds. The van der Waals surface area contributed by atoms with Gasteiger partial charge in [-0.2, -0.15) is 0 Å². The van der Waals surface area contributed by atoms with Gasteiger partial charge >= 0.3 is 0 Å². The number of rotatable bonds is 4. The molecule has 2 nitrogen and oxygen atoms in total. The Labute approximate surface area is 112 Å². The van der Waals surface area contributed by atoms with Crippen LogP contribution in [0.25, 0.3) is 0 Å². The largest absolute Gasteiger partial charge is 0.287 e. The summed E-state index contributed by atoms with van der Waals surface area (Å²) in [6.07, 6.45) is 2.63. The molecule has 0 aliphatic rings. The summed E-state index contributed by atoms with van der Waals surface area (Å²) in [7, 11) is 0. The van der Waals surface area contributed by atoms with E-state index in [0.29, 0.717) is 0 Å². The molecule has 0 N–H and O–H groups in total. The van der Waals surface area contributed by atoms with Crippen LogP contribution in [0, 0.1) is 0 Å². The lowest BCUT2D eigenvalue weighted by atomic mass is 10.1. The van der Waals surface area contributed by atoms with E-state index in [0.717, 1.165) is 35.0 Å². The van der Waals surface area contributed by atoms with Crippen LogP contribution in [-0.2, 0) is 6.42 Å². The Morgan fingerprint density at radius 2 is 1.94 bits per heavy atom. The molecule has 0 aliphatic carbocycles. The van der Waals surface area contributed by atoms with Crippen molar-refractivity contribution in [3.63, 3.8) is 0 Å². The Morgan fingerprint density at radius 1 is 1.17 bits per heavy atom. The lowest BCUT2D eigenvalue weighted by Gasteiger charge is -2.02. The third-order valence-electron chi connectivity index (χ3n) is 2.72. The molecule has 0 spiro atoms. The number of aromatic nitrogens is 1. The van der Waals surface area contributed by atoms with Gasteiger partial charge in [0.2, 0.25) is 0 Å². The molecule has 1 aromatic heterocycles. The van der Waals surface area contributed by atoms with Gasteiger partial charge in [0.05, 0.1) is 11.4 Å². The average molecular weight is 259 g/mol. The highest BCUT2D eigenvalue weighted by Crippen LogP contribution is 2.15. The third kappa shape index (κ3) is 3.41. The fourth-order valence-corrected chi connectivity index (χ4v) is 1.93. The van der Waals surface area contributed by atoms with Crippen molar-refractivity contribution in [2.24, 2.45) is 4.99 Å². The highest BCUT2D eigenvalue weighted by atomic mass is 35.5. The van der Waals surface area contributed by atoms with E-state index in [2.05, 4.69) is 9.98 Å². The lowest BCUT2D eigenvalue weighted by Crippen LogP contribution is -2.00. The quantitative estimate of drug-likeness (QED) is 0.766. The van der Waals surface area contributed by atoms with E-state index >= 15 is 0 Å². The Balaban J connectivity index is 1.98. The number of benzene rings is 1. The maximum Gasteiger partial charge on any atom is 0.0836 e. The second-order valence-corrected chi connectivity index (χ2v) is 4.43. The first-order chi connectivity index (χ1) is 8.77. The molecule has 0 saturated heterocycles. The van der Waals surface area contributed by atoms with Gasteiger partial charge in [-0.3, -0.25) is 9.98 Å². The number of aliphatic imine (C=N–C) groups is 1. The van der Waals surface area contributed by atoms with Crippen molar-refractivity contribution in [1.82, 2.24) is 4.98 Å². The summed E-state index contributed by atoms with van der Waals surface area (Å²) in [5, 5.41) is 0.809. The summed E-state index contributed by atoms with van der Waals surface area (Å²) in [5.41, 5.74) is 3.02. The van der Waals surface area contributed by atoms with Crippen LogP contribution < -0.4 is 0 Å². The second-order valence-electron chi connectivity index (χ2n) is 4.02. The maximum atomic E-state index is 6.10. The number of hydrogen-bond donors (Lipinski definition) is 0. The van der Waals surface area contributed by atoms with E-state index < -0.39 is 0 Å². The minimum absolute atomic E-state index is 0.728. The second kappa shape index (κ2) is 6.31. The predicted molar refractivity (Wildman–Crippen MR) is 76.5 cm³/mol. The Morgan fingerprint density at radius 3 is 2.67 bits per heavy atom. The smallest absolute Gasteiger partial charge is 0.0836 e. The molecule has 92 valence electrons. The van der Waals surface area contributed by atoms with Crippen molar-refractivity contribution in [2.75, 3.05) is 6.54 Å². The van der Waals surface area contributed by atoms with Crippen LogP contribution in [0.1, 0.15) is 18.2 Å². The number of nitrogens with zero attached hydrogens (tertiary/aromatic N) is 2. The minimum Gasteiger partial charge on any atom is -0.287 e. The van der Waals surface area contributed by atoms with Gasteiger partial charge in [0.25, 0.3) is 0 Å². The van der Waals surface area contributed by atoms with Crippen LogP contribution in [0.2, 0.25) is 5.02 Å². The summed E-state index contributed by atoms with van der Waals surface area (Å²) < 4.78 is 0. The molecule has 0 fully saturated rings. The normalized spacial score (nSPS) is 11.6. The van der Waals surface area contributed by atoms with Gasteiger partial charge in [0, 0.05) is 17.8 Å². The molecule has 0 saturated carbocycles. The zero-order valence-corrected chi connectivity index (χ0v) is 11.1. The van der Waals surface area contributed by atoms with Crippen molar-refractivity contribution >= 4 is 17.3 Å². The molecule has 18 heavy (non-hydrogen) atoms. The highest BCUT2D eigenvalue weighted by Gasteiger charge is 1.99. The van der Waals surface area contributed by atoms with Gasteiger partial charge in [-0.05, 0) is 37.1 Å². The van der Waals surface area contributed by atoms with Gasteiger partial charge in [-0.25, -0.2) is 0 Å². The van der Waals surface area contributed by atoms with E-state index in [1.54, 1.807) is 6.20 Å². The maximum absolute atomic E-state index is 6.10. The van der Waals surface area contributed by atoms with Crippen LogP contribution in [0.3, 0.4) is 0 Å². The third-order valence-corrected chi connectivity index (χ3v) is 3.09. The molecule has 3 heteroatoms. The van der Waals surface area contributed by atoms with Gasteiger partial charge in [-0.1, -0.05) is 35.9 Å². The highest BCUT2D eigenvalue weighted by molar-refractivity contribution is 6.31. The SMILES string of the molecule is CC(=NCCc1ccccc1Cl)c1ccccn1. The summed E-state index contributed by atoms with van der Waals surface area (Å²) in [4.78, 5) is 8.79. The van der Waals surface area contributed by atoms with Gasteiger partial charge in [0.1, 0.15) is 0 Å². The van der Waals surface area contributed by atoms with Gasteiger partial charge in [-0.15, -0.1) is 0 Å². The molecule has 0 atom stereocenters. The summed E-state index contributed by atoms with van der Waals surface area (Å²) >= 11 is 6.10. The van der Waals surface area contributed by atoms with E-state index in [9.17, 15) is 0 Å². The number of hydrogen-bond acceptors (Lipinski definition) is 2. The zero-order chi connectivity index (χ0) is 12.8. The molecule has 1 aromatic carbocycles. The Bertz CT molecular complexity index is 535.